The molecule has 1 heterocycles. The molecule has 84 valence electrons. The van der Waals surface area contributed by atoms with Gasteiger partial charge in [0.15, 0.2) is 0 Å². The predicted octanol–water partition coefficient (Wildman–Crippen LogP) is 1.27. The van der Waals surface area contributed by atoms with Gasteiger partial charge < -0.3 is 5.11 Å². The second kappa shape index (κ2) is 5.09. The Balaban J connectivity index is 2.58. The first-order valence-electron chi connectivity index (χ1n) is 4.34. The normalized spacial score (nSPS) is 13.9. The highest BCUT2D eigenvalue weighted by atomic mass is 19.4. The maximum Gasteiger partial charge on any atom is 0.401 e. The van der Waals surface area contributed by atoms with Gasteiger partial charge in [-0.25, -0.2) is 0 Å². The Morgan fingerprint density at radius 1 is 1.47 bits per heavy atom. The van der Waals surface area contributed by atoms with E-state index in [4.69, 9.17) is 5.11 Å². The Hall–Kier alpha value is -1.14. The van der Waals surface area contributed by atoms with Crippen molar-refractivity contribution in [3.05, 3.63) is 30.1 Å². The maximum atomic E-state index is 11.9. The number of aliphatic hydroxyl groups is 1. The fourth-order valence-electron chi connectivity index (χ4n) is 1.11. The summed E-state index contributed by atoms with van der Waals surface area (Å²) in [5, 5.41) is 11.1. The molecule has 15 heavy (non-hydrogen) atoms. The monoisotopic (exact) mass is 220 g/mol. The van der Waals surface area contributed by atoms with Crippen molar-refractivity contribution >= 4 is 0 Å². The van der Waals surface area contributed by atoms with Gasteiger partial charge in [-0.3, -0.25) is 10.3 Å². The summed E-state index contributed by atoms with van der Waals surface area (Å²) in [5.41, 5.74) is 0.532. The van der Waals surface area contributed by atoms with E-state index in [1.807, 2.05) is 0 Å². The number of halogens is 3. The highest BCUT2D eigenvalue weighted by Gasteiger charge is 2.28. The van der Waals surface area contributed by atoms with Crippen LogP contribution in [0.4, 0.5) is 13.2 Å². The lowest BCUT2D eigenvalue weighted by atomic mass is 10.1. The van der Waals surface area contributed by atoms with E-state index in [9.17, 15) is 13.2 Å². The average Bonchev–Trinajstić information content (AvgIpc) is 2.19. The fourth-order valence-corrected chi connectivity index (χ4v) is 1.11. The van der Waals surface area contributed by atoms with Crippen LogP contribution >= 0.6 is 0 Å². The summed E-state index contributed by atoms with van der Waals surface area (Å²) in [6, 6.07) is 2.48. The van der Waals surface area contributed by atoms with Gasteiger partial charge in [-0.05, 0) is 11.6 Å². The zero-order valence-electron chi connectivity index (χ0n) is 7.83. The van der Waals surface area contributed by atoms with Crippen LogP contribution in [0.5, 0.6) is 0 Å². The van der Waals surface area contributed by atoms with Gasteiger partial charge in [0.05, 0.1) is 19.2 Å². The van der Waals surface area contributed by atoms with Crippen LogP contribution in [-0.2, 0) is 0 Å². The van der Waals surface area contributed by atoms with Crippen LogP contribution in [0.15, 0.2) is 24.5 Å². The molecule has 0 aromatic carbocycles. The number of aromatic nitrogens is 1. The van der Waals surface area contributed by atoms with Crippen LogP contribution in [0.25, 0.3) is 0 Å². The van der Waals surface area contributed by atoms with Gasteiger partial charge in [-0.2, -0.15) is 13.2 Å². The molecule has 0 aliphatic heterocycles. The van der Waals surface area contributed by atoms with Gasteiger partial charge in [-0.1, -0.05) is 6.07 Å². The second-order valence-electron chi connectivity index (χ2n) is 3.02. The third-order valence-corrected chi connectivity index (χ3v) is 1.82. The van der Waals surface area contributed by atoms with E-state index < -0.39 is 25.4 Å². The lowest BCUT2D eigenvalue weighted by Gasteiger charge is -2.17. The minimum Gasteiger partial charge on any atom is -0.394 e. The molecular formula is C9H11F3N2O. The molecule has 0 fully saturated rings. The highest BCUT2D eigenvalue weighted by molar-refractivity contribution is 5.13. The fraction of sp³-hybridized carbons (Fsp3) is 0.444. The van der Waals surface area contributed by atoms with Crippen molar-refractivity contribution in [3.8, 4) is 0 Å². The van der Waals surface area contributed by atoms with E-state index in [0.717, 1.165) is 0 Å². The zero-order chi connectivity index (χ0) is 11.3. The van der Waals surface area contributed by atoms with Crippen LogP contribution in [0.2, 0.25) is 0 Å². The summed E-state index contributed by atoms with van der Waals surface area (Å²) in [6.45, 7) is -1.53. The highest BCUT2D eigenvalue weighted by Crippen LogP contribution is 2.16. The number of pyridine rings is 1. The lowest BCUT2D eigenvalue weighted by Crippen LogP contribution is -2.33. The van der Waals surface area contributed by atoms with E-state index in [0.29, 0.717) is 5.56 Å². The third kappa shape index (κ3) is 4.26. The van der Waals surface area contributed by atoms with Gasteiger partial charge in [0.25, 0.3) is 0 Å². The molecule has 0 aliphatic carbocycles. The molecular weight excluding hydrogens is 209 g/mol. The zero-order valence-corrected chi connectivity index (χ0v) is 7.83. The number of nitrogens with one attached hydrogen (secondary N) is 1. The van der Waals surface area contributed by atoms with Crippen molar-refractivity contribution in [2.24, 2.45) is 0 Å². The summed E-state index contributed by atoms with van der Waals surface area (Å²) >= 11 is 0. The molecule has 1 unspecified atom stereocenters. The van der Waals surface area contributed by atoms with Gasteiger partial charge in [0, 0.05) is 12.4 Å². The minimum absolute atomic E-state index is 0.401. The van der Waals surface area contributed by atoms with Crippen molar-refractivity contribution in [3.63, 3.8) is 0 Å². The molecule has 0 bridgehead atoms. The summed E-state index contributed by atoms with van der Waals surface area (Å²) < 4.78 is 35.7. The van der Waals surface area contributed by atoms with Crippen LogP contribution in [-0.4, -0.2) is 29.4 Å². The molecule has 1 atom stereocenters. The van der Waals surface area contributed by atoms with Crippen LogP contribution in [0, 0.1) is 0 Å². The second-order valence-corrected chi connectivity index (χ2v) is 3.02. The summed E-state index contributed by atoms with van der Waals surface area (Å²) in [7, 11) is 0. The predicted molar refractivity (Wildman–Crippen MR) is 48.1 cm³/mol. The molecule has 0 spiro atoms. The number of alkyl halides is 3. The first-order chi connectivity index (χ1) is 7.03. The van der Waals surface area contributed by atoms with Gasteiger partial charge in [-0.15, -0.1) is 0 Å². The summed E-state index contributed by atoms with van der Waals surface area (Å²) in [6.07, 6.45) is -1.35. The maximum absolute atomic E-state index is 11.9. The van der Waals surface area contributed by atoms with E-state index in [2.05, 4.69) is 10.3 Å². The summed E-state index contributed by atoms with van der Waals surface area (Å²) in [4.78, 5) is 3.77. The van der Waals surface area contributed by atoms with E-state index in [1.165, 1.54) is 12.4 Å². The molecule has 3 nitrogen and oxygen atoms in total. The summed E-state index contributed by atoms with van der Waals surface area (Å²) in [5.74, 6) is 0. The number of aliphatic hydroxyl groups excluding tert-OH is 1. The Morgan fingerprint density at radius 2 is 2.20 bits per heavy atom. The van der Waals surface area contributed by atoms with Crippen molar-refractivity contribution in [2.75, 3.05) is 13.2 Å². The molecule has 0 saturated carbocycles. The van der Waals surface area contributed by atoms with E-state index in [-0.39, 0.29) is 0 Å². The Bertz CT molecular complexity index is 289. The quantitative estimate of drug-likeness (QED) is 0.803. The van der Waals surface area contributed by atoms with Crippen molar-refractivity contribution in [1.29, 1.82) is 0 Å². The first kappa shape index (κ1) is 11.9. The van der Waals surface area contributed by atoms with Crippen LogP contribution < -0.4 is 5.32 Å². The molecule has 2 N–H and O–H groups in total. The van der Waals surface area contributed by atoms with Gasteiger partial charge in [0.2, 0.25) is 0 Å². The van der Waals surface area contributed by atoms with Gasteiger partial charge >= 0.3 is 6.18 Å². The molecule has 1 aromatic heterocycles. The average molecular weight is 220 g/mol. The van der Waals surface area contributed by atoms with E-state index >= 15 is 0 Å². The van der Waals surface area contributed by atoms with Crippen molar-refractivity contribution in [2.45, 2.75) is 12.2 Å². The topological polar surface area (TPSA) is 45.1 Å². The first-order valence-corrected chi connectivity index (χ1v) is 4.34. The number of rotatable bonds is 4. The minimum atomic E-state index is -4.28. The number of nitrogens with zero attached hydrogens (tertiary/aromatic N) is 1. The standard InChI is InChI=1S/C9H11F3N2O/c10-9(11,12)6-14-8(5-15)7-2-1-3-13-4-7/h1-4,8,14-15H,5-6H2. The molecule has 0 radical (unpaired) electrons. The largest absolute Gasteiger partial charge is 0.401 e. The SMILES string of the molecule is OCC(NCC(F)(F)F)c1cccnc1. The van der Waals surface area contributed by atoms with E-state index in [1.54, 1.807) is 12.1 Å². The molecule has 1 rings (SSSR count). The Kier molecular flexibility index (Phi) is 4.05. The lowest BCUT2D eigenvalue weighted by molar-refractivity contribution is -0.126. The third-order valence-electron chi connectivity index (χ3n) is 1.82. The van der Waals surface area contributed by atoms with Gasteiger partial charge in [0.1, 0.15) is 0 Å². The molecule has 6 heteroatoms. The van der Waals surface area contributed by atoms with Crippen molar-refractivity contribution < 1.29 is 18.3 Å². The molecule has 0 aliphatic rings. The number of hydrogen-bond donors (Lipinski definition) is 2. The van der Waals surface area contributed by atoms with Crippen LogP contribution in [0.3, 0.4) is 0 Å². The molecule has 1 aromatic rings. The van der Waals surface area contributed by atoms with Crippen LogP contribution in [0.1, 0.15) is 11.6 Å². The number of hydrogen-bond acceptors (Lipinski definition) is 3. The smallest absolute Gasteiger partial charge is 0.394 e. The Labute approximate surface area is 85.0 Å². The van der Waals surface area contributed by atoms with Crippen molar-refractivity contribution in [1.82, 2.24) is 10.3 Å². The molecule has 0 saturated heterocycles. The Morgan fingerprint density at radius 3 is 2.67 bits per heavy atom. The molecule has 0 amide bonds.